The smallest absolute Gasteiger partial charge is 0.169 e. The van der Waals surface area contributed by atoms with Gasteiger partial charge >= 0.3 is 0 Å². The number of aromatic nitrogens is 2. The van der Waals surface area contributed by atoms with Crippen molar-refractivity contribution in [3.63, 3.8) is 0 Å². The zero-order valence-corrected chi connectivity index (χ0v) is 20.4. The lowest BCUT2D eigenvalue weighted by molar-refractivity contribution is 0.459. The van der Waals surface area contributed by atoms with Crippen molar-refractivity contribution in [2.75, 3.05) is 0 Å². The lowest BCUT2D eigenvalue weighted by Crippen LogP contribution is -2.42. The molecule has 2 unspecified atom stereocenters. The highest BCUT2D eigenvalue weighted by molar-refractivity contribution is 7.90. The fourth-order valence-corrected chi connectivity index (χ4v) is 4.51. The molecule has 4 aromatic rings. The van der Waals surface area contributed by atoms with Gasteiger partial charge in [-0.25, -0.2) is 9.37 Å². The van der Waals surface area contributed by atoms with E-state index >= 15 is 0 Å². The van der Waals surface area contributed by atoms with Crippen LogP contribution < -0.4 is 4.72 Å². The molecule has 0 saturated heterocycles. The summed E-state index contributed by atoms with van der Waals surface area (Å²) in [6.07, 6.45) is 0.0712. The van der Waals surface area contributed by atoms with Crippen LogP contribution in [0.2, 0.25) is 5.02 Å². The van der Waals surface area contributed by atoms with Gasteiger partial charge in [-0.15, -0.1) is 4.72 Å². The zero-order chi connectivity index (χ0) is 24.5. The maximum absolute atomic E-state index is 14.7. The number of hydrogen-bond donors (Lipinski definition) is 1. The predicted octanol–water partition coefficient (Wildman–Crippen LogP) is 5.89. The summed E-state index contributed by atoms with van der Waals surface area (Å²) in [4.78, 5) is 4.15. The van der Waals surface area contributed by atoms with Crippen molar-refractivity contribution in [3.8, 4) is 17.3 Å². The molecule has 2 aromatic carbocycles. The van der Waals surface area contributed by atoms with Gasteiger partial charge in [0.25, 0.3) is 0 Å². The molecule has 9 heteroatoms. The highest BCUT2D eigenvalue weighted by atomic mass is 35.5. The number of nitrogens with one attached hydrogen (secondary N) is 1. The maximum Gasteiger partial charge on any atom is 0.169 e. The molecule has 0 saturated carbocycles. The first-order valence-corrected chi connectivity index (χ1v) is 12.1. The summed E-state index contributed by atoms with van der Waals surface area (Å²) in [6, 6.07) is 16.6. The van der Waals surface area contributed by atoms with Gasteiger partial charge in [0.1, 0.15) is 28.0 Å². The Morgan fingerprint density at radius 1 is 1.21 bits per heavy atom. The van der Waals surface area contributed by atoms with Gasteiger partial charge in [-0.3, -0.25) is 0 Å². The minimum Gasteiger partial charge on any atom is -0.598 e. The van der Waals surface area contributed by atoms with Crippen molar-refractivity contribution in [1.82, 2.24) is 14.9 Å². The van der Waals surface area contributed by atoms with E-state index in [1.165, 1.54) is 12.1 Å². The van der Waals surface area contributed by atoms with Crippen LogP contribution in [0.1, 0.15) is 43.8 Å². The van der Waals surface area contributed by atoms with Crippen LogP contribution in [0, 0.1) is 17.1 Å². The van der Waals surface area contributed by atoms with Crippen LogP contribution >= 0.6 is 11.6 Å². The summed E-state index contributed by atoms with van der Waals surface area (Å²) in [5.74, 6) is -0.536. The first-order valence-electron chi connectivity index (χ1n) is 10.5. The number of hydrogen-bond acceptors (Lipinski definition) is 6. The Bertz CT molecular complexity index is 1380. The molecule has 0 fully saturated rings. The minimum absolute atomic E-state index is 0.0712. The lowest BCUT2D eigenvalue weighted by atomic mass is 9.94. The first kappa shape index (κ1) is 24.2. The first-order chi connectivity index (χ1) is 16.2. The standard InChI is InChI=1S/C25H22ClFN4O2S/c1-25(2,3)34(32)31-21(13-22-20(27)11-9-16(14-28)29-22)17-6-4-5-7-18(17)24-19-10-8-15(26)12-23(19)33-30-24/h4-12,21,31H,13H2,1-3H3. The molecule has 1 N–H and O–H groups in total. The van der Waals surface area contributed by atoms with Crippen molar-refractivity contribution in [2.45, 2.75) is 38.0 Å². The Morgan fingerprint density at radius 2 is 1.97 bits per heavy atom. The van der Waals surface area contributed by atoms with Gasteiger partial charge in [0.05, 0.1) is 11.7 Å². The Hall–Kier alpha value is -2.96. The molecule has 34 heavy (non-hydrogen) atoms. The van der Waals surface area contributed by atoms with Gasteiger partial charge in [0.2, 0.25) is 0 Å². The van der Waals surface area contributed by atoms with E-state index in [9.17, 15) is 14.2 Å². The van der Waals surface area contributed by atoms with Gasteiger partial charge in [0, 0.05) is 39.8 Å². The second kappa shape index (κ2) is 9.72. The fraction of sp³-hybridized carbons (Fsp3) is 0.240. The summed E-state index contributed by atoms with van der Waals surface area (Å²) in [7, 11) is 0. The number of nitriles is 1. The largest absolute Gasteiger partial charge is 0.598 e. The van der Waals surface area contributed by atoms with Crippen LogP contribution in [0.4, 0.5) is 4.39 Å². The molecule has 2 atom stereocenters. The van der Waals surface area contributed by atoms with Crippen molar-refractivity contribution in [3.05, 3.63) is 82.4 Å². The molecule has 0 bridgehead atoms. The fourth-order valence-electron chi connectivity index (χ4n) is 3.53. The molecule has 2 heterocycles. The molecule has 0 aliphatic heterocycles. The van der Waals surface area contributed by atoms with E-state index in [-0.39, 0.29) is 17.8 Å². The van der Waals surface area contributed by atoms with E-state index in [0.717, 1.165) is 16.5 Å². The van der Waals surface area contributed by atoms with Gasteiger partial charge in [-0.05, 0) is 50.6 Å². The van der Waals surface area contributed by atoms with E-state index in [2.05, 4.69) is 14.9 Å². The van der Waals surface area contributed by atoms with Crippen molar-refractivity contribution >= 4 is 33.9 Å². The molecule has 4 rings (SSSR count). The molecule has 0 amide bonds. The second-order valence-corrected chi connectivity index (χ2v) is 11.2. The number of halogens is 2. The SMILES string of the molecule is CC(C)(C)[S+]([O-])NC(Cc1nc(C#N)ccc1F)c1ccccc1-c1noc2cc(Cl)ccc12. The van der Waals surface area contributed by atoms with Crippen molar-refractivity contribution < 1.29 is 13.5 Å². The van der Waals surface area contributed by atoms with Crippen LogP contribution in [0.5, 0.6) is 0 Å². The maximum atomic E-state index is 14.7. The van der Waals surface area contributed by atoms with Crippen molar-refractivity contribution in [2.24, 2.45) is 0 Å². The second-order valence-electron chi connectivity index (χ2n) is 8.75. The Balaban J connectivity index is 1.83. The third-order valence-electron chi connectivity index (χ3n) is 5.26. The average Bonchev–Trinajstić information content (AvgIpc) is 3.22. The number of pyridine rings is 1. The van der Waals surface area contributed by atoms with E-state index in [1.807, 2.05) is 57.2 Å². The topological polar surface area (TPSA) is 97.8 Å². The predicted molar refractivity (Wildman–Crippen MR) is 131 cm³/mol. The molecular weight excluding hydrogens is 475 g/mol. The summed E-state index contributed by atoms with van der Waals surface area (Å²) in [6.45, 7) is 5.55. The van der Waals surface area contributed by atoms with Crippen molar-refractivity contribution in [1.29, 1.82) is 5.26 Å². The molecule has 0 aliphatic carbocycles. The monoisotopic (exact) mass is 496 g/mol. The van der Waals surface area contributed by atoms with Crippen LogP contribution in [0.25, 0.3) is 22.2 Å². The third-order valence-corrected chi connectivity index (χ3v) is 7.11. The summed E-state index contributed by atoms with van der Waals surface area (Å²) in [5, 5.41) is 14.8. The Morgan fingerprint density at radius 3 is 2.71 bits per heavy atom. The normalized spacial score (nSPS) is 13.6. The van der Waals surface area contributed by atoms with Crippen LogP contribution in [-0.4, -0.2) is 19.4 Å². The van der Waals surface area contributed by atoms with E-state index in [4.69, 9.17) is 16.1 Å². The molecule has 6 nitrogen and oxygen atoms in total. The Labute approximate surface area is 205 Å². The lowest BCUT2D eigenvalue weighted by Gasteiger charge is -2.29. The van der Waals surface area contributed by atoms with Crippen LogP contribution in [-0.2, 0) is 17.8 Å². The van der Waals surface area contributed by atoms with E-state index in [1.54, 1.807) is 12.1 Å². The van der Waals surface area contributed by atoms with Crippen LogP contribution in [0.15, 0.2) is 59.1 Å². The molecule has 2 aromatic heterocycles. The highest BCUT2D eigenvalue weighted by Gasteiger charge is 2.32. The van der Waals surface area contributed by atoms with Crippen LogP contribution in [0.3, 0.4) is 0 Å². The molecule has 174 valence electrons. The number of nitrogens with zero attached hydrogens (tertiary/aromatic N) is 3. The quantitative estimate of drug-likeness (QED) is 0.334. The summed E-state index contributed by atoms with van der Waals surface area (Å²) >= 11 is 4.62. The van der Waals surface area contributed by atoms with Gasteiger partial charge in [-0.2, -0.15) is 5.26 Å². The van der Waals surface area contributed by atoms with E-state index in [0.29, 0.717) is 16.3 Å². The Kier molecular flexibility index (Phi) is 6.91. The number of rotatable bonds is 6. The van der Waals surface area contributed by atoms with Gasteiger partial charge in [-0.1, -0.05) is 41.0 Å². The molecule has 0 aliphatic rings. The highest BCUT2D eigenvalue weighted by Crippen LogP contribution is 2.36. The molecule has 0 radical (unpaired) electrons. The number of benzene rings is 2. The number of fused-ring (bicyclic) bond motifs is 1. The zero-order valence-electron chi connectivity index (χ0n) is 18.8. The van der Waals surface area contributed by atoms with Gasteiger partial charge < -0.3 is 9.08 Å². The average molecular weight is 497 g/mol. The minimum atomic E-state index is -1.47. The summed E-state index contributed by atoms with van der Waals surface area (Å²) < 4.78 is 35.8. The third kappa shape index (κ3) is 5.08. The van der Waals surface area contributed by atoms with E-state index < -0.39 is 28.0 Å². The molecule has 0 spiro atoms. The molecular formula is C25H22ClFN4O2S. The van der Waals surface area contributed by atoms with Gasteiger partial charge in [0.15, 0.2) is 5.58 Å². The summed E-state index contributed by atoms with van der Waals surface area (Å²) in [5.41, 5.74) is 2.83.